The fraction of sp³-hybridized carbons (Fsp3) is 0.409. The van der Waals surface area contributed by atoms with E-state index in [2.05, 4.69) is 15.3 Å². The molecular formula is C22H25F2N7O3. The zero-order valence-electron chi connectivity index (χ0n) is 18.4. The van der Waals surface area contributed by atoms with Crippen LogP contribution in [0.25, 0.3) is 11.0 Å². The molecule has 0 atom stereocenters. The van der Waals surface area contributed by atoms with Crippen molar-refractivity contribution < 1.29 is 23.1 Å². The van der Waals surface area contributed by atoms with Gasteiger partial charge in [0.2, 0.25) is 11.8 Å². The van der Waals surface area contributed by atoms with Gasteiger partial charge in [-0.1, -0.05) is 5.21 Å². The number of carbonyl (C=O) groups is 2. The van der Waals surface area contributed by atoms with E-state index < -0.39 is 12.3 Å². The first kappa shape index (κ1) is 23.5. The molecule has 1 aromatic carbocycles. The van der Waals surface area contributed by atoms with E-state index in [-0.39, 0.29) is 24.5 Å². The van der Waals surface area contributed by atoms with Crippen LogP contribution in [-0.4, -0.2) is 76.1 Å². The van der Waals surface area contributed by atoms with Crippen LogP contribution >= 0.6 is 0 Å². The minimum absolute atomic E-state index is 0.00189. The van der Waals surface area contributed by atoms with E-state index >= 15 is 0 Å². The van der Waals surface area contributed by atoms with Crippen LogP contribution in [0.4, 0.5) is 14.6 Å². The number of ether oxygens (including phenoxy) is 1. The van der Waals surface area contributed by atoms with Crippen LogP contribution in [0.3, 0.4) is 0 Å². The fourth-order valence-corrected chi connectivity index (χ4v) is 3.75. The second-order valence-corrected chi connectivity index (χ2v) is 7.86. The molecule has 1 saturated heterocycles. The van der Waals surface area contributed by atoms with Gasteiger partial charge in [0.15, 0.2) is 0 Å². The highest BCUT2D eigenvalue weighted by Gasteiger charge is 2.22. The number of hydrogen-bond donors (Lipinski definition) is 1. The maximum absolute atomic E-state index is 12.7. The van der Waals surface area contributed by atoms with Gasteiger partial charge < -0.3 is 20.3 Å². The Morgan fingerprint density at radius 2 is 1.88 bits per heavy atom. The van der Waals surface area contributed by atoms with E-state index in [9.17, 15) is 18.4 Å². The summed E-state index contributed by atoms with van der Waals surface area (Å²) < 4.78 is 32.6. The number of benzene rings is 1. The molecule has 1 aliphatic rings. The smallest absolute Gasteiger partial charge is 0.265 e. The maximum atomic E-state index is 12.7. The molecule has 180 valence electrons. The lowest BCUT2D eigenvalue weighted by Crippen LogP contribution is -2.49. The molecule has 0 spiro atoms. The first-order valence-corrected chi connectivity index (χ1v) is 10.9. The number of alkyl halides is 2. The van der Waals surface area contributed by atoms with E-state index in [4.69, 9.17) is 10.5 Å². The summed E-state index contributed by atoms with van der Waals surface area (Å²) in [6.45, 7) is 3.26. The fourth-order valence-electron chi connectivity index (χ4n) is 3.75. The van der Waals surface area contributed by atoms with Crippen LogP contribution < -0.4 is 10.6 Å². The first-order valence-electron chi connectivity index (χ1n) is 10.9. The van der Waals surface area contributed by atoms with E-state index in [1.807, 2.05) is 4.90 Å². The molecule has 34 heavy (non-hydrogen) atoms. The van der Waals surface area contributed by atoms with Crippen molar-refractivity contribution >= 4 is 28.7 Å². The Hall–Kier alpha value is -3.67. The minimum atomic E-state index is -2.54. The summed E-state index contributed by atoms with van der Waals surface area (Å²) in [5.41, 5.74) is 6.94. The van der Waals surface area contributed by atoms with Crippen molar-refractivity contribution in [1.82, 2.24) is 24.9 Å². The Kier molecular flexibility index (Phi) is 7.26. The molecule has 2 aromatic heterocycles. The number of halogens is 2. The summed E-state index contributed by atoms with van der Waals surface area (Å²) in [7, 11) is 0. The number of rotatable bonds is 9. The number of nitrogens with two attached hydrogens (primary N) is 1. The molecule has 2 amide bonds. The highest BCUT2D eigenvalue weighted by atomic mass is 19.3. The molecule has 4 rings (SSSR count). The normalized spacial score (nSPS) is 14.2. The predicted molar refractivity (Wildman–Crippen MR) is 119 cm³/mol. The second-order valence-electron chi connectivity index (χ2n) is 7.86. The number of nitrogens with zero attached hydrogens (tertiary/aromatic N) is 6. The van der Waals surface area contributed by atoms with Gasteiger partial charge in [-0.2, -0.15) is 0 Å². The third-order valence-corrected chi connectivity index (χ3v) is 5.69. The SMILES string of the molecule is NC(=O)c1ccc2nnn(CCOCCC(=O)N3CCN(c4ccc(C(F)F)cn4)CC3)c2c1. The highest BCUT2D eigenvalue weighted by Crippen LogP contribution is 2.21. The van der Waals surface area contributed by atoms with Crippen molar-refractivity contribution in [3.8, 4) is 0 Å². The average Bonchev–Trinajstić information content (AvgIpc) is 3.26. The summed E-state index contributed by atoms with van der Waals surface area (Å²) in [4.78, 5) is 31.7. The zero-order chi connectivity index (χ0) is 24.1. The zero-order valence-corrected chi connectivity index (χ0v) is 18.4. The standard InChI is InChI=1S/C22H25F2N7O3/c23-21(24)16-2-4-19(26-14-16)29-6-8-30(9-7-29)20(32)5-11-34-12-10-31-18-13-15(22(25)33)1-3-17(18)27-28-31/h1-4,13-14,21H,5-12H2,(H2,25,33). The van der Waals surface area contributed by atoms with Crippen molar-refractivity contribution in [2.45, 2.75) is 19.4 Å². The number of amides is 2. The van der Waals surface area contributed by atoms with Gasteiger partial charge in [0.25, 0.3) is 6.43 Å². The molecule has 0 saturated carbocycles. The molecule has 0 radical (unpaired) electrons. The van der Waals surface area contributed by atoms with Gasteiger partial charge >= 0.3 is 0 Å². The Bertz CT molecular complexity index is 1150. The van der Waals surface area contributed by atoms with Gasteiger partial charge in [-0.15, -0.1) is 5.10 Å². The number of fused-ring (bicyclic) bond motifs is 1. The quantitative estimate of drug-likeness (QED) is 0.469. The van der Waals surface area contributed by atoms with Gasteiger partial charge in [0.05, 0.1) is 31.7 Å². The lowest BCUT2D eigenvalue weighted by Gasteiger charge is -2.35. The molecule has 1 aliphatic heterocycles. The van der Waals surface area contributed by atoms with Crippen molar-refractivity contribution in [2.24, 2.45) is 5.73 Å². The van der Waals surface area contributed by atoms with Gasteiger partial charge in [0, 0.05) is 43.5 Å². The number of hydrogen-bond acceptors (Lipinski definition) is 7. The summed E-state index contributed by atoms with van der Waals surface area (Å²) in [6.07, 6.45) is -1.10. The first-order chi connectivity index (χ1) is 16.4. The van der Waals surface area contributed by atoms with Crippen LogP contribution in [-0.2, 0) is 16.1 Å². The number of piperazine rings is 1. The largest absolute Gasteiger partial charge is 0.379 e. The third kappa shape index (κ3) is 5.45. The number of aromatic nitrogens is 4. The van der Waals surface area contributed by atoms with Crippen LogP contribution in [0.15, 0.2) is 36.5 Å². The molecule has 0 bridgehead atoms. The Morgan fingerprint density at radius 3 is 2.56 bits per heavy atom. The number of carbonyl (C=O) groups excluding carboxylic acids is 2. The number of pyridine rings is 1. The van der Waals surface area contributed by atoms with Gasteiger partial charge in [-0.3, -0.25) is 9.59 Å². The van der Waals surface area contributed by atoms with Crippen molar-refractivity contribution in [1.29, 1.82) is 0 Å². The van der Waals surface area contributed by atoms with Crippen molar-refractivity contribution in [3.63, 3.8) is 0 Å². The lowest BCUT2D eigenvalue weighted by molar-refractivity contribution is -0.132. The maximum Gasteiger partial charge on any atom is 0.265 e. The van der Waals surface area contributed by atoms with E-state index in [0.717, 1.165) is 0 Å². The summed E-state index contributed by atoms with van der Waals surface area (Å²) >= 11 is 0. The Morgan fingerprint density at radius 1 is 1.09 bits per heavy atom. The monoisotopic (exact) mass is 473 g/mol. The Balaban J connectivity index is 1.18. The van der Waals surface area contributed by atoms with Crippen LogP contribution in [0, 0.1) is 0 Å². The average molecular weight is 473 g/mol. The van der Waals surface area contributed by atoms with Crippen LogP contribution in [0.2, 0.25) is 0 Å². The Labute approximate surface area is 194 Å². The lowest BCUT2D eigenvalue weighted by atomic mass is 10.2. The molecule has 3 heterocycles. The number of primary amides is 1. The summed E-state index contributed by atoms with van der Waals surface area (Å²) in [5.74, 6) is 0.104. The molecule has 10 nitrogen and oxygen atoms in total. The van der Waals surface area contributed by atoms with Crippen molar-refractivity contribution in [2.75, 3.05) is 44.3 Å². The van der Waals surface area contributed by atoms with E-state index in [1.165, 1.54) is 12.3 Å². The molecule has 0 aliphatic carbocycles. The van der Waals surface area contributed by atoms with Crippen LogP contribution in [0.1, 0.15) is 28.8 Å². The van der Waals surface area contributed by atoms with Crippen LogP contribution in [0.5, 0.6) is 0 Å². The van der Waals surface area contributed by atoms with E-state index in [0.29, 0.717) is 61.7 Å². The van der Waals surface area contributed by atoms with Crippen molar-refractivity contribution in [3.05, 3.63) is 47.7 Å². The summed E-state index contributed by atoms with van der Waals surface area (Å²) in [5, 5.41) is 8.11. The molecule has 12 heteroatoms. The molecule has 0 unspecified atom stereocenters. The van der Waals surface area contributed by atoms with Gasteiger partial charge in [0.1, 0.15) is 11.3 Å². The molecular weight excluding hydrogens is 448 g/mol. The molecule has 3 aromatic rings. The molecule has 1 fully saturated rings. The van der Waals surface area contributed by atoms with Gasteiger partial charge in [-0.25, -0.2) is 18.4 Å². The molecule has 2 N–H and O–H groups in total. The van der Waals surface area contributed by atoms with E-state index in [1.54, 1.807) is 33.8 Å². The predicted octanol–water partition coefficient (Wildman–Crippen LogP) is 1.62. The third-order valence-electron chi connectivity index (χ3n) is 5.69. The minimum Gasteiger partial charge on any atom is -0.379 e. The second kappa shape index (κ2) is 10.5. The topological polar surface area (TPSA) is 119 Å². The highest BCUT2D eigenvalue weighted by molar-refractivity contribution is 5.96. The van der Waals surface area contributed by atoms with Gasteiger partial charge in [-0.05, 0) is 30.3 Å². The summed E-state index contributed by atoms with van der Waals surface area (Å²) in [6, 6.07) is 7.89. The number of anilines is 1.